The van der Waals surface area contributed by atoms with Gasteiger partial charge in [-0.15, -0.1) is 0 Å². The van der Waals surface area contributed by atoms with Crippen molar-refractivity contribution in [2.75, 3.05) is 19.1 Å². The lowest BCUT2D eigenvalue weighted by atomic mass is 10.0. The molecule has 4 nitrogen and oxygen atoms in total. The van der Waals surface area contributed by atoms with Crippen LogP contribution in [0.1, 0.15) is 18.1 Å². The second-order valence-electron chi connectivity index (χ2n) is 4.99. The van der Waals surface area contributed by atoms with Crippen LogP contribution in [0.3, 0.4) is 0 Å². The summed E-state index contributed by atoms with van der Waals surface area (Å²) >= 11 is 0. The summed E-state index contributed by atoms with van der Waals surface area (Å²) in [6.45, 7) is 4.32. The fourth-order valence-corrected chi connectivity index (χ4v) is 2.11. The Morgan fingerprint density at radius 3 is 2.70 bits per heavy atom. The van der Waals surface area contributed by atoms with Gasteiger partial charge in [0, 0.05) is 25.4 Å². The summed E-state index contributed by atoms with van der Waals surface area (Å²) in [7, 11) is 3.63. The smallest absolute Gasteiger partial charge is 0.228 e. The van der Waals surface area contributed by atoms with E-state index in [1.165, 1.54) is 11.1 Å². The molecule has 0 spiro atoms. The normalized spacial score (nSPS) is 12.0. The van der Waals surface area contributed by atoms with Gasteiger partial charge in [0.2, 0.25) is 11.8 Å². The topological polar surface area (TPSA) is 38.2 Å². The minimum atomic E-state index is 0.309. The Bertz CT molecular complexity index is 571. The van der Waals surface area contributed by atoms with E-state index in [0.29, 0.717) is 17.9 Å². The van der Waals surface area contributed by atoms with Gasteiger partial charge in [-0.3, -0.25) is 0 Å². The number of hydrogen-bond donors (Lipinski definition) is 0. The molecule has 0 aliphatic carbocycles. The molecule has 0 saturated heterocycles. The molecular formula is C16H21N3O. The maximum absolute atomic E-state index is 5.14. The van der Waals surface area contributed by atoms with Gasteiger partial charge in [-0.25, -0.2) is 4.98 Å². The van der Waals surface area contributed by atoms with Gasteiger partial charge in [0.1, 0.15) is 0 Å². The molecule has 0 amide bonds. The quantitative estimate of drug-likeness (QED) is 0.838. The summed E-state index contributed by atoms with van der Waals surface area (Å²) in [4.78, 5) is 10.8. The van der Waals surface area contributed by atoms with Gasteiger partial charge in [0.05, 0.1) is 7.11 Å². The first-order chi connectivity index (χ1) is 9.61. The summed E-state index contributed by atoms with van der Waals surface area (Å²) in [5.74, 6) is 1.27. The molecule has 4 heteroatoms. The molecular weight excluding hydrogens is 250 g/mol. The number of ether oxygens (including phenoxy) is 1. The third kappa shape index (κ3) is 3.26. The lowest BCUT2D eigenvalue weighted by Crippen LogP contribution is -2.32. The number of benzene rings is 1. The third-order valence-corrected chi connectivity index (χ3v) is 3.58. The lowest BCUT2D eigenvalue weighted by molar-refractivity contribution is 0.396. The number of aromatic nitrogens is 2. The highest BCUT2D eigenvalue weighted by Crippen LogP contribution is 2.17. The number of aryl methyl sites for hydroxylation is 1. The van der Waals surface area contributed by atoms with Crippen molar-refractivity contribution < 1.29 is 4.74 Å². The zero-order chi connectivity index (χ0) is 14.5. The fraction of sp³-hybridized carbons (Fsp3) is 0.375. The van der Waals surface area contributed by atoms with E-state index in [9.17, 15) is 0 Å². The van der Waals surface area contributed by atoms with Gasteiger partial charge in [-0.05, 0) is 31.4 Å². The molecule has 0 aliphatic rings. The van der Waals surface area contributed by atoms with Gasteiger partial charge >= 0.3 is 0 Å². The van der Waals surface area contributed by atoms with E-state index >= 15 is 0 Å². The minimum Gasteiger partial charge on any atom is -0.481 e. The molecule has 0 saturated carbocycles. The molecule has 2 rings (SSSR count). The van der Waals surface area contributed by atoms with Gasteiger partial charge in [-0.2, -0.15) is 4.98 Å². The van der Waals surface area contributed by atoms with Crippen LogP contribution in [-0.4, -0.2) is 30.2 Å². The predicted octanol–water partition coefficient (Wildman–Crippen LogP) is 2.86. The van der Waals surface area contributed by atoms with E-state index in [4.69, 9.17) is 4.74 Å². The Balaban J connectivity index is 2.12. The van der Waals surface area contributed by atoms with Gasteiger partial charge in [-0.1, -0.05) is 24.3 Å². The molecule has 106 valence electrons. The van der Waals surface area contributed by atoms with Crippen molar-refractivity contribution in [3.05, 3.63) is 47.7 Å². The van der Waals surface area contributed by atoms with Crippen LogP contribution in [0.15, 0.2) is 36.5 Å². The first-order valence-corrected chi connectivity index (χ1v) is 6.76. The van der Waals surface area contributed by atoms with E-state index in [2.05, 4.69) is 53.0 Å². The Kier molecular flexibility index (Phi) is 4.56. The monoisotopic (exact) mass is 271 g/mol. The second kappa shape index (κ2) is 6.37. The van der Waals surface area contributed by atoms with E-state index in [1.807, 2.05) is 7.05 Å². The Hall–Kier alpha value is -2.10. The van der Waals surface area contributed by atoms with Crippen LogP contribution in [0, 0.1) is 6.92 Å². The van der Waals surface area contributed by atoms with Crippen molar-refractivity contribution in [3.63, 3.8) is 0 Å². The lowest BCUT2D eigenvalue weighted by Gasteiger charge is -2.25. The summed E-state index contributed by atoms with van der Waals surface area (Å²) in [6.07, 6.45) is 2.68. The highest BCUT2D eigenvalue weighted by Gasteiger charge is 2.14. The number of nitrogens with zero attached hydrogens (tertiary/aromatic N) is 3. The average molecular weight is 271 g/mol. The van der Waals surface area contributed by atoms with Crippen LogP contribution < -0.4 is 9.64 Å². The molecule has 0 N–H and O–H groups in total. The molecule has 0 aliphatic heterocycles. The number of hydrogen-bond acceptors (Lipinski definition) is 4. The summed E-state index contributed by atoms with van der Waals surface area (Å²) in [6, 6.07) is 10.5. The standard InChI is InChI=1S/C16H21N3O/c1-12-7-5-6-8-14(12)11-13(2)19(3)16-17-10-9-15(18-16)20-4/h5-10,13H,11H2,1-4H3/t13-/m1/s1. The number of likely N-dealkylation sites (N-methyl/N-ethyl adjacent to an activating group) is 1. The molecule has 1 heterocycles. The highest BCUT2D eigenvalue weighted by atomic mass is 16.5. The molecule has 2 aromatic rings. The van der Waals surface area contributed by atoms with Crippen molar-refractivity contribution in [1.29, 1.82) is 0 Å². The molecule has 1 atom stereocenters. The van der Waals surface area contributed by atoms with Crippen molar-refractivity contribution in [1.82, 2.24) is 9.97 Å². The van der Waals surface area contributed by atoms with Crippen molar-refractivity contribution in [2.24, 2.45) is 0 Å². The van der Waals surface area contributed by atoms with Crippen LogP contribution in [0.2, 0.25) is 0 Å². The molecule has 1 aromatic heterocycles. The van der Waals surface area contributed by atoms with Crippen molar-refractivity contribution in [2.45, 2.75) is 26.3 Å². The molecule has 0 fully saturated rings. The van der Waals surface area contributed by atoms with E-state index in [-0.39, 0.29) is 0 Å². The first kappa shape index (κ1) is 14.3. The van der Waals surface area contributed by atoms with Gasteiger partial charge in [0.25, 0.3) is 0 Å². The zero-order valence-electron chi connectivity index (χ0n) is 12.5. The van der Waals surface area contributed by atoms with E-state index < -0.39 is 0 Å². The first-order valence-electron chi connectivity index (χ1n) is 6.76. The highest BCUT2D eigenvalue weighted by molar-refractivity contribution is 5.34. The Morgan fingerprint density at radius 2 is 2.00 bits per heavy atom. The maximum Gasteiger partial charge on any atom is 0.228 e. The van der Waals surface area contributed by atoms with Crippen LogP contribution in [0.5, 0.6) is 5.88 Å². The predicted molar refractivity (Wildman–Crippen MR) is 81.3 cm³/mol. The third-order valence-electron chi connectivity index (χ3n) is 3.58. The van der Waals surface area contributed by atoms with Crippen LogP contribution in [0.25, 0.3) is 0 Å². The van der Waals surface area contributed by atoms with Gasteiger partial charge in [0.15, 0.2) is 0 Å². The number of anilines is 1. The SMILES string of the molecule is COc1ccnc(N(C)[C@H](C)Cc2ccccc2C)n1. The molecule has 0 unspecified atom stereocenters. The summed E-state index contributed by atoms with van der Waals surface area (Å²) in [5, 5.41) is 0. The number of methoxy groups -OCH3 is 1. The summed E-state index contributed by atoms with van der Waals surface area (Å²) in [5.41, 5.74) is 2.68. The minimum absolute atomic E-state index is 0.309. The van der Waals surface area contributed by atoms with Crippen molar-refractivity contribution in [3.8, 4) is 5.88 Å². The molecule has 1 aromatic carbocycles. The second-order valence-corrected chi connectivity index (χ2v) is 4.99. The fourth-order valence-electron chi connectivity index (χ4n) is 2.11. The van der Waals surface area contributed by atoms with E-state index in [0.717, 1.165) is 6.42 Å². The van der Waals surface area contributed by atoms with Crippen LogP contribution in [0.4, 0.5) is 5.95 Å². The number of rotatable bonds is 5. The van der Waals surface area contributed by atoms with Crippen LogP contribution in [-0.2, 0) is 6.42 Å². The Labute approximate surface area is 120 Å². The van der Waals surface area contributed by atoms with Crippen LogP contribution >= 0.6 is 0 Å². The molecule has 20 heavy (non-hydrogen) atoms. The maximum atomic E-state index is 5.14. The zero-order valence-corrected chi connectivity index (χ0v) is 12.5. The average Bonchev–Trinajstić information content (AvgIpc) is 2.48. The van der Waals surface area contributed by atoms with Crippen molar-refractivity contribution >= 4 is 5.95 Å². The molecule has 0 bridgehead atoms. The van der Waals surface area contributed by atoms with Gasteiger partial charge < -0.3 is 9.64 Å². The molecule has 0 radical (unpaired) electrons. The largest absolute Gasteiger partial charge is 0.481 e. The summed E-state index contributed by atoms with van der Waals surface area (Å²) < 4.78 is 5.14. The Morgan fingerprint density at radius 1 is 1.25 bits per heavy atom. The van der Waals surface area contributed by atoms with E-state index in [1.54, 1.807) is 19.4 Å².